The van der Waals surface area contributed by atoms with E-state index in [1.165, 1.54) is 19.3 Å². The molecular weight excluding hydrogens is 242 g/mol. The third-order valence-electron chi connectivity index (χ3n) is 4.10. The smallest absolute Gasteiger partial charge is 0.132 e. The number of aromatic nitrogens is 2. The van der Waals surface area contributed by atoms with Crippen molar-refractivity contribution in [2.45, 2.75) is 51.7 Å². The Labute approximate surface area is 114 Å². The molecule has 2 N–H and O–H groups in total. The van der Waals surface area contributed by atoms with E-state index in [0.29, 0.717) is 12.6 Å². The van der Waals surface area contributed by atoms with Gasteiger partial charge >= 0.3 is 0 Å². The number of hydrogen-bond acceptors (Lipinski definition) is 4. The lowest BCUT2D eigenvalue weighted by molar-refractivity contribution is 0.276. The summed E-state index contributed by atoms with van der Waals surface area (Å²) in [5.74, 6) is 0.973. The molecule has 0 bridgehead atoms. The largest absolute Gasteiger partial charge is 0.395 e. The summed E-state index contributed by atoms with van der Waals surface area (Å²) in [7, 11) is 1.91. The zero-order valence-electron chi connectivity index (χ0n) is 12.0. The molecule has 1 aliphatic carbocycles. The zero-order valence-corrected chi connectivity index (χ0v) is 12.0. The van der Waals surface area contributed by atoms with Gasteiger partial charge in [-0.25, -0.2) is 0 Å². The van der Waals surface area contributed by atoms with Gasteiger partial charge in [-0.3, -0.25) is 4.68 Å². The molecule has 0 unspecified atom stereocenters. The average Bonchev–Trinajstić information content (AvgIpc) is 2.71. The van der Waals surface area contributed by atoms with Crippen LogP contribution in [0.3, 0.4) is 0 Å². The van der Waals surface area contributed by atoms with Crippen molar-refractivity contribution in [3.05, 3.63) is 11.3 Å². The number of rotatable bonds is 5. The third-order valence-corrected chi connectivity index (χ3v) is 4.10. The minimum absolute atomic E-state index is 0.00363. The summed E-state index contributed by atoms with van der Waals surface area (Å²) in [6.45, 7) is 2.67. The quantitative estimate of drug-likeness (QED) is 0.845. The second kappa shape index (κ2) is 6.39. The number of aliphatic hydroxyl groups excluding tert-OH is 2. The predicted octanol–water partition coefficient (Wildman–Crippen LogP) is 1.35. The van der Waals surface area contributed by atoms with Crippen LogP contribution in [0.2, 0.25) is 0 Å². The molecule has 5 heteroatoms. The van der Waals surface area contributed by atoms with E-state index in [0.717, 1.165) is 29.9 Å². The molecule has 2 rings (SSSR count). The molecule has 108 valence electrons. The molecular formula is C14H25N3O2. The molecule has 1 aromatic rings. The number of aliphatic hydroxyl groups is 2. The van der Waals surface area contributed by atoms with E-state index in [9.17, 15) is 10.2 Å². The lowest BCUT2D eigenvalue weighted by Crippen LogP contribution is -2.40. The van der Waals surface area contributed by atoms with Gasteiger partial charge in [0.25, 0.3) is 0 Å². The van der Waals surface area contributed by atoms with E-state index >= 15 is 0 Å². The normalized spacial score (nSPS) is 16.8. The Morgan fingerprint density at radius 2 is 1.95 bits per heavy atom. The fourth-order valence-electron chi connectivity index (χ4n) is 3.20. The molecule has 0 atom stereocenters. The van der Waals surface area contributed by atoms with Gasteiger partial charge in [0.1, 0.15) is 5.82 Å². The lowest BCUT2D eigenvalue weighted by atomic mass is 9.94. The highest BCUT2D eigenvalue weighted by Gasteiger charge is 2.26. The maximum Gasteiger partial charge on any atom is 0.132 e. The molecule has 0 aliphatic heterocycles. The molecule has 1 saturated carbocycles. The highest BCUT2D eigenvalue weighted by Crippen LogP contribution is 2.30. The van der Waals surface area contributed by atoms with Crippen molar-refractivity contribution in [1.82, 2.24) is 9.78 Å². The first-order valence-electron chi connectivity index (χ1n) is 7.19. The van der Waals surface area contributed by atoms with E-state index in [1.807, 2.05) is 18.7 Å². The lowest BCUT2D eigenvalue weighted by Gasteiger charge is -2.36. The van der Waals surface area contributed by atoms with Crippen molar-refractivity contribution in [2.75, 3.05) is 18.1 Å². The standard InChI is InChI=1S/C14H25N3O2/c1-11-13(10-19)14(16(2)15-11)17(8-9-18)12-6-4-3-5-7-12/h12,18-19H,3-10H2,1-2H3. The van der Waals surface area contributed by atoms with Crippen LogP contribution in [0.1, 0.15) is 43.4 Å². The number of anilines is 1. The molecule has 1 aliphatic rings. The molecule has 0 saturated heterocycles. The molecule has 1 fully saturated rings. The van der Waals surface area contributed by atoms with Gasteiger partial charge in [0.15, 0.2) is 0 Å². The Morgan fingerprint density at radius 3 is 2.53 bits per heavy atom. The summed E-state index contributed by atoms with van der Waals surface area (Å²) in [5, 5.41) is 23.4. The van der Waals surface area contributed by atoms with Gasteiger partial charge in [0, 0.05) is 25.2 Å². The van der Waals surface area contributed by atoms with Gasteiger partial charge < -0.3 is 15.1 Å². The van der Waals surface area contributed by atoms with Crippen LogP contribution >= 0.6 is 0 Å². The predicted molar refractivity (Wildman–Crippen MR) is 75.2 cm³/mol. The second-order valence-electron chi connectivity index (χ2n) is 5.38. The van der Waals surface area contributed by atoms with E-state index in [4.69, 9.17) is 0 Å². The summed E-state index contributed by atoms with van der Waals surface area (Å²) in [5.41, 5.74) is 1.76. The molecule has 19 heavy (non-hydrogen) atoms. The number of hydrogen-bond donors (Lipinski definition) is 2. The first-order valence-corrected chi connectivity index (χ1v) is 7.19. The first kappa shape index (κ1) is 14.3. The summed E-state index contributed by atoms with van der Waals surface area (Å²) in [4.78, 5) is 2.24. The minimum atomic E-state index is 0.00363. The highest BCUT2D eigenvalue weighted by molar-refractivity contribution is 5.50. The molecule has 1 aromatic heterocycles. The summed E-state index contributed by atoms with van der Waals surface area (Å²) in [6, 6.07) is 0.459. The van der Waals surface area contributed by atoms with Crippen LogP contribution in [-0.4, -0.2) is 39.2 Å². The summed E-state index contributed by atoms with van der Waals surface area (Å²) >= 11 is 0. The SMILES string of the molecule is Cc1nn(C)c(N(CCO)C2CCCCC2)c1CO. The van der Waals surface area contributed by atoms with Gasteiger partial charge in [-0.1, -0.05) is 19.3 Å². The summed E-state index contributed by atoms with van der Waals surface area (Å²) < 4.78 is 1.84. The zero-order chi connectivity index (χ0) is 13.8. The van der Waals surface area contributed by atoms with Gasteiger partial charge in [-0.05, 0) is 19.8 Å². The maximum absolute atomic E-state index is 9.59. The maximum atomic E-state index is 9.59. The Kier molecular flexibility index (Phi) is 4.82. The van der Waals surface area contributed by atoms with Crippen LogP contribution in [0.15, 0.2) is 0 Å². The topological polar surface area (TPSA) is 61.5 Å². The average molecular weight is 267 g/mol. The van der Waals surface area contributed by atoms with Crippen molar-refractivity contribution in [3.8, 4) is 0 Å². The monoisotopic (exact) mass is 267 g/mol. The highest BCUT2D eigenvalue weighted by atomic mass is 16.3. The second-order valence-corrected chi connectivity index (χ2v) is 5.38. The molecule has 0 aromatic carbocycles. The number of aryl methyl sites for hydroxylation is 2. The van der Waals surface area contributed by atoms with E-state index < -0.39 is 0 Å². The Morgan fingerprint density at radius 1 is 1.26 bits per heavy atom. The third kappa shape index (κ3) is 2.92. The molecule has 0 spiro atoms. The van der Waals surface area contributed by atoms with Crippen LogP contribution in [0.25, 0.3) is 0 Å². The molecule has 0 amide bonds. The fraction of sp³-hybridized carbons (Fsp3) is 0.786. The van der Waals surface area contributed by atoms with Gasteiger partial charge in [0.2, 0.25) is 0 Å². The van der Waals surface area contributed by atoms with Crippen LogP contribution in [0.4, 0.5) is 5.82 Å². The molecule has 1 heterocycles. The first-order chi connectivity index (χ1) is 9.19. The number of nitrogens with zero attached hydrogens (tertiary/aromatic N) is 3. The van der Waals surface area contributed by atoms with Gasteiger partial charge in [-0.15, -0.1) is 0 Å². The van der Waals surface area contributed by atoms with Crippen LogP contribution in [0.5, 0.6) is 0 Å². The van der Waals surface area contributed by atoms with Crippen LogP contribution in [0, 0.1) is 6.92 Å². The van der Waals surface area contributed by atoms with Crippen molar-refractivity contribution >= 4 is 5.82 Å². The van der Waals surface area contributed by atoms with Crippen molar-refractivity contribution in [2.24, 2.45) is 7.05 Å². The Hall–Kier alpha value is -1.07. The van der Waals surface area contributed by atoms with E-state index in [2.05, 4.69) is 10.00 Å². The van der Waals surface area contributed by atoms with Crippen LogP contribution in [-0.2, 0) is 13.7 Å². The summed E-state index contributed by atoms with van der Waals surface area (Å²) in [6.07, 6.45) is 6.13. The molecule has 0 radical (unpaired) electrons. The van der Waals surface area contributed by atoms with Gasteiger partial charge in [0.05, 0.1) is 18.9 Å². The van der Waals surface area contributed by atoms with Crippen molar-refractivity contribution < 1.29 is 10.2 Å². The Balaban J connectivity index is 2.32. The minimum Gasteiger partial charge on any atom is -0.395 e. The van der Waals surface area contributed by atoms with E-state index in [1.54, 1.807) is 0 Å². The fourth-order valence-corrected chi connectivity index (χ4v) is 3.20. The van der Waals surface area contributed by atoms with Crippen LogP contribution < -0.4 is 4.90 Å². The van der Waals surface area contributed by atoms with Crippen molar-refractivity contribution in [3.63, 3.8) is 0 Å². The van der Waals surface area contributed by atoms with Crippen molar-refractivity contribution in [1.29, 1.82) is 0 Å². The molecule has 5 nitrogen and oxygen atoms in total. The Bertz CT molecular complexity index is 411. The van der Waals surface area contributed by atoms with Gasteiger partial charge in [-0.2, -0.15) is 5.10 Å². The van der Waals surface area contributed by atoms with E-state index in [-0.39, 0.29) is 13.2 Å².